The fourth-order valence-corrected chi connectivity index (χ4v) is 4.04. The lowest BCUT2D eigenvalue weighted by Gasteiger charge is -2.48. The van der Waals surface area contributed by atoms with Crippen molar-refractivity contribution in [3.05, 3.63) is 107 Å². The zero-order valence-electron chi connectivity index (χ0n) is 21.5. The summed E-state index contributed by atoms with van der Waals surface area (Å²) >= 11 is 0. The minimum atomic E-state index is -2.67. The van der Waals surface area contributed by atoms with Crippen LogP contribution in [0.1, 0.15) is 48.8 Å². The average Bonchev–Trinajstić information content (AvgIpc) is 2.79. The number of hydrogen-bond donors (Lipinski definition) is 0. The Hall–Kier alpha value is -2.65. The van der Waals surface area contributed by atoms with Crippen LogP contribution < -0.4 is 10.0 Å². The second-order valence-electron chi connectivity index (χ2n) is 10.1. The van der Waals surface area contributed by atoms with E-state index in [-0.39, 0.29) is 0 Å². The van der Waals surface area contributed by atoms with E-state index < -0.39 is 36.3 Å². The van der Waals surface area contributed by atoms with Crippen LogP contribution in [-0.2, 0) is 10.3 Å². The maximum atomic E-state index is 13.7. The van der Waals surface area contributed by atoms with Crippen molar-refractivity contribution in [2.24, 2.45) is 0 Å². The van der Waals surface area contributed by atoms with Gasteiger partial charge in [0.2, 0.25) is 0 Å². The Labute approximate surface area is 212 Å². The highest BCUT2D eigenvalue weighted by Crippen LogP contribution is 2.48. The van der Waals surface area contributed by atoms with Crippen LogP contribution in [0.2, 0.25) is 0 Å². The summed E-state index contributed by atoms with van der Waals surface area (Å²) in [4.78, 5) is 0. The van der Waals surface area contributed by atoms with E-state index in [1.165, 1.54) is 60.7 Å². The molecule has 0 radical (unpaired) electrons. The molecule has 0 amide bonds. The molecule has 36 heavy (non-hydrogen) atoms. The first kappa shape index (κ1) is 29.6. The summed E-state index contributed by atoms with van der Waals surface area (Å²) < 4.78 is 47.6. The summed E-state index contributed by atoms with van der Waals surface area (Å²) in [7, 11) is 5.83. The third-order valence-corrected chi connectivity index (χ3v) is 5.44. The number of nitrogens with zero attached hydrogens (tertiary/aromatic N) is 1. The first-order chi connectivity index (χ1) is 16.9. The molecule has 0 aromatic heterocycles. The second kappa shape index (κ2) is 13.1. The highest BCUT2D eigenvalue weighted by molar-refractivity contribution is 6.28. The Morgan fingerprint density at radius 3 is 1.44 bits per heavy atom. The van der Waals surface area contributed by atoms with Crippen LogP contribution in [-0.4, -0.2) is 40.0 Å². The van der Waals surface area contributed by atoms with Gasteiger partial charge in [0.1, 0.15) is 23.1 Å². The highest BCUT2D eigenvalue weighted by Gasteiger charge is 2.42. The van der Waals surface area contributed by atoms with Gasteiger partial charge in [-0.25, -0.2) is 13.2 Å². The van der Waals surface area contributed by atoms with Crippen LogP contribution in [0.3, 0.4) is 0 Å². The maximum absolute atomic E-state index is 13.7. The second-order valence-corrected chi connectivity index (χ2v) is 10.1. The summed E-state index contributed by atoms with van der Waals surface area (Å²) in [5.41, 5.74) is -0.225. The number of benzene rings is 3. The molecule has 194 valence electrons. The molecule has 0 fully saturated rings. The monoisotopic (exact) mass is 500 g/mol. The SMILES string of the molecule is CCCCC(c1ccc(F)cc1)C(OB([O-])[O-])(c1ccc(F)cc1)c1ccc(F)cc1.C[N+](C)(C)C. The molecule has 0 spiro atoms. The molecular formula is C28H34BF3NO3-. The van der Waals surface area contributed by atoms with Gasteiger partial charge in [-0.1, -0.05) is 56.2 Å². The standard InChI is InChI=1S/C24H22BF3O3.C4H12N/c1-2-3-4-23(17-5-11-20(26)12-6-17)24(31-25(29)30,18-7-13-21(27)14-8-18)19-9-15-22(28)16-10-19;1-5(2,3)4/h5-16,23H,2-4H2,1H3;1-4H3/q-2;+1. The van der Waals surface area contributed by atoms with Gasteiger partial charge in [0.25, 0.3) is 0 Å². The predicted octanol–water partition coefficient (Wildman–Crippen LogP) is 4.37. The van der Waals surface area contributed by atoms with Crippen LogP contribution in [0.15, 0.2) is 72.8 Å². The Balaban J connectivity index is 0.000000830. The molecule has 0 N–H and O–H groups in total. The lowest BCUT2D eigenvalue weighted by molar-refractivity contribution is -0.849. The van der Waals surface area contributed by atoms with Crippen LogP contribution in [0.25, 0.3) is 0 Å². The lowest BCUT2D eigenvalue weighted by Crippen LogP contribution is -2.55. The summed E-state index contributed by atoms with van der Waals surface area (Å²) in [5.74, 6) is -2.01. The molecule has 0 heterocycles. The van der Waals surface area contributed by atoms with Gasteiger partial charge < -0.3 is 19.2 Å². The molecular weight excluding hydrogens is 466 g/mol. The molecule has 0 aliphatic rings. The third kappa shape index (κ3) is 8.48. The van der Waals surface area contributed by atoms with Crippen molar-refractivity contribution in [1.29, 1.82) is 0 Å². The number of halogens is 3. The van der Waals surface area contributed by atoms with Gasteiger partial charge in [-0.2, -0.15) is 0 Å². The third-order valence-electron chi connectivity index (χ3n) is 5.44. The van der Waals surface area contributed by atoms with E-state index >= 15 is 0 Å². The molecule has 3 rings (SSSR count). The lowest BCUT2D eigenvalue weighted by atomic mass is 9.70. The average molecular weight is 500 g/mol. The molecule has 8 heteroatoms. The fraction of sp³-hybridized carbons (Fsp3) is 0.357. The zero-order chi connectivity index (χ0) is 26.9. The van der Waals surface area contributed by atoms with E-state index in [0.29, 0.717) is 23.1 Å². The van der Waals surface area contributed by atoms with Crippen molar-refractivity contribution in [3.8, 4) is 0 Å². The van der Waals surface area contributed by atoms with Gasteiger partial charge in [0.15, 0.2) is 0 Å². The molecule has 4 nitrogen and oxygen atoms in total. The van der Waals surface area contributed by atoms with Gasteiger partial charge in [0.05, 0.1) is 35.5 Å². The van der Waals surface area contributed by atoms with Crippen molar-refractivity contribution in [1.82, 2.24) is 0 Å². The Bertz CT molecular complexity index is 1000. The molecule has 3 aromatic carbocycles. The van der Waals surface area contributed by atoms with Crippen LogP contribution >= 0.6 is 0 Å². The molecule has 1 atom stereocenters. The first-order valence-electron chi connectivity index (χ1n) is 11.9. The Kier molecular flexibility index (Phi) is 10.7. The van der Waals surface area contributed by atoms with Gasteiger partial charge in [-0.3, -0.25) is 0 Å². The zero-order valence-corrected chi connectivity index (χ0v) is 21.5. The van der Waals surface area contributed by atoms with Crippen molar-refractivity contribution < 1.29 is 32.4 Å². The minimum Gasteiger partial charge on any atom is -0.871 e. The van der Waals surface area contributed by atoms with E-state index in [2.05, 4.69) is 28.2 Å². The number of quaternary nitrogens is 1. The molecule has 3 aromatic rings. The Morgan fingerprint density at radius 1 is 0.750 bits per heavy atom. The molecule has 0 bridgehead atoms. The minimum absolute atomic E-state index is 0.377. The summed E-state index contributed by atoms with van der Waals surface area (Å²) in [6.07, 6.45) is 2.03. The first-order valence-corrected chi connectivity index (χ1v) is 11.9. The summed E-state index contributed by atoms with van der Waals surface area (Å²) in [5, 5.41) is 23.8. The molecule has 0 aliphatic carbocycles. The van der Waals surface area contributed by atoms with E-state index in [0.717, 1.165) is 17.3 Å². The summed E-state index contributed by atoms with van der Waals surface area (Å²) in [6.45, 7) is 1.99. The number of rotatable bonds is 9. The largest absolute Gasteiger partial charge is 0.871 e. The van der Waals surface area contributed by atoms with Crippen molar-refractivity contribution >= 4 is 7.32 Å². The van der Waals surface area contributed by atoms with E-state index in [9.17, 15) is 23.2 Å². The predicted molar refractivity (Wildman–Crippen MR) is 133 cm³/mol. The van der Waals surface area contributed by atoms with E-state index in [1.54, 1.807) is 12.1 Å². The van der Waals surface area contributed by atoms with E-state index in [1.807, 2.05) is 6.92 Å². The van der Waals surface area contributed by atoms with Crippen LogP contribution in [0.5, 0.6) is 0 Å². The fourth-order valence-electron chi connectivity index (χ4n) is 4.04. The van der Waals surface area contributed by atoms with Gasteiger partial charge in [0, 0.05) is 5.92 Å². The van der Waals surface area contributed by atoms with Crippen molar-refractivity contribution in [2.45, 2.75) is 37.7 Å². The van der Waals surface area contributed by atoms with Crippen LogP contribution in [0, 0.1) is 17.5 Å². The van der Waals surface area contributed by atoms with Crippen molar-refractivity contribution in [2.75, 3.05) is 28.2 Å². The molecule has 0 saturated heterocycles. The quantitative estimate of drug-likeness (QED) is 0.324. The number of unbranched alkanes of at least 4 members (excludes halogenated alkanes) is 1. The molecule has 0 saturated carbocycles. The van der Waals surface area contributed by atoms with Crippen LogP contribution in [0.4, 0.5) is 13.2 Å². The normalized spacial score (nSPS) is 12.5. The molecule has 1 unspecified atom stereocenters. The maximum Gasteiger partial charge on any atom is 0.123 e. The van der Waals surface area contributed by atoms with E-state index in [4.69, 9.17) is 4.65 Å². The Morgan fingerprint density at radius 2 is 1.11 bits per heavy atom. The van der Waals surface area contributed by atoms with Gasteiger partial charge in [-0.15, -0.1) is 0 Å². The topological polar surface area (TPSA) is 55.3 Å². The molecule has 0 aliphatic heterocycles. The number of hydrogen-bond acceptors (Lipinski definition) is 3. The highest BCUT2D eigenvalue weighted by atomic mass is 19.1. The summed E-state index contributed by atoms with van der Waals surface area (Å²) in [6, 6.07) is 16.4. The van der Waals surface area contributed by atoms with Gasteiger partial charge >= 0.3 is 0 Å². The van der Waals surface area contributed by atoms with Gasteiger partial charge in [-0.05, 0) is 59.5 Å². The smallest absolute Gasteiger partial charge is 0.123 e. The van der Waals surface area contributed by atoms with Crippen molar-refractivity contribution in [3.63, 3.8) is 0 Å².